The van der Waals surface area contributed by atoms with Crippen molar-refractivity contribution in [2.45, 2.75) is 45.6 Å². The highest BCUT2D eigenvalue weighted by atomic mass is 32.2. The molecule has 3 rings (SSSR count). The van der Waals surface area contributed by atoms with E-state index in [4.69, 9.17) is 4.74 Å². The molecule has 1 heterocycles. The summed E-state index contributed by atoms with van der Waals surface area (Å²) in [7, 11) is -3.20. The lowest BCUT2D eigenvalue weighted by atomic mass is 9.87. The molecule has 0 spiro atoms. The SMILES string of the molecule is CC(C)(Oc1ccc(C(C)(C)C)cc1)C(=O)Nc1ccccc1N1CCN(S(C)(=O)=O)CC1. The quantitative estimate of drug-likeness (QED) is 0.689. The van der Waals surface area contributed by atoms with Crippen LogP contribution < -0.4 is 15.0 Å². The third kappa shape index (κ3) is 6.26. The van der Waals surface area contributed by atoms with E-state index in [0.29, 0.717) is 37.6 Å². The second-order valence-corrected chi connectivity index (χ2v) is 12.0. The third-order valence-corrected chi connectivity index (χ3v) is 7.14. The average molecular weight is 474 g/mol. The molecule has 1 fully saturated rings. The van der Waals surface area contributed by atoms with E-state index in [1.807, 2.05) is 48.5 Å². The summed E-state index contributed by atoms with van der Waals surface area (Å²) in [6.07, 6.45) is 1.23. The van der Waals surface area contributed by atoms with Gasteiger partial charge in [0.1, 0.15) is 5.75 Å². The largest absolute Gasteiger partial charge is 0.478 e. The predicted molar refractivity (Wildman–Crippen MR) is 134 cm³/mol. The maximum atomic E-state index is 13.1. The smallest absolute Gasteiger partial charge is 0.268 e. The van der Waals surface area contributed by atoms with Crippen LogP contribution in [0.15, 0.2) is 48.5 Å². The minimum absolute atomic E-state index is 0.0436. The van der Waals surface area contributed by atoms with Crippen LogP contribution in [0.25, 0.3) is 0 Å². The van der Waals surface area contributed by atoms with Gasteiger partial charge in [0, 0.05) is 26.2 Å². The van der Waals surface area contributed by atoms with Crippen molar-refractivity contribution in [3.8, 4) is 5.75 Å². The number of rotatable bonds is 6. The molecule has 1 amide bonds. The van der Waals surface area contributed by atoms with Crippen molar-refractivity contribution in [1.29, 1.82) is 0 Å². The Morgan fingerprint density at radius 1 is 0.909 bits per heavy atom. The first-order valence-electron chi connectivity index (χ1n) is 11.2. The number of hydrogen-bond acceptors (Lipinski definition) is 5. The van der Waals surface area contributed by atoms with Gasteiger partial charge in [-0.2, -0.15) is 4.31 Å². The van der Waals surface area contributed by atoms with Gasteiger partial charge in [-0.25, -0.2) is 8.42 Å². The Labute approximate surface area is 197 Å². The molecule has 33 heavy (non-hydrogen) atoms. The van der Waals surface area contributed by atoms with Gasteiger partial charge in [0.15, 0.2) is 5.60 Å². The number of sulfonamides is 1. The topological polar surface area (TPSA) is 79.0 Å². The van der Waals surface area contributed by atoms with E-state index in [-0.39, 0.29) is 11.3 Å². The van der Waals surface area contributed by atoms with Crippen LogP contribution in [0.4, 0.5) is 11.4 Å². The average Bonchev–Trinajstić information content (AvgIpc) is 2.73. The number of ether oxygens (including phenoxy) is 1. The molecule has 0 aromatic heterocycles. The molecule has 1 N–H and O–H groups in total. The molecule has 0 bridgehead atoms. The van der Waals surface area contributed by atoms with E-state index in [1.54, 1.807) is 13.8 Å². The van der Waals surface area contributed by atoms with Crippen molar-refractivity contribution in [2.75, 3.05) is 42.7 Å². The molecule has 0 atom stereocenters. The first kappa shape index (κ1) is 25.1. The van der Waals surface area contributed by atoms with Crippen LogP contribution in [-0.4, -0.2) is 56.7 Å². The molecule has 0 aliphatic carbocycles. The zero-order valence-corrected chi connectivity index (χ0v) is 21.2. The summed E-state index contributed by atoms with van der Waals surface area (Å²) in [5.41, 5.74) is 1.69. The number of carbonyl (C=O) groups is 1. The molecule has 8 heteroatoms. The molecule has 1 aliphatic heterocycles. The fourth-order valence-corrected chi connectivity index (χ4v) is 4.58. The summed E-state index contributed by atoms with van der Waals surface area (Å²) >= 11 is 0. The summed E-state index contributed by atoms with van der Waals surface area (Å²) < 4.78 is 31.1. The van der Waals surface area contributed by atoms with Crippen molar-refractivity contribution in [3.05, 3.63) is 54.1 Å². The van der Waals surface area contributed by atoms with Crippen LogP contribution >= 0.6 is 0 Å². The number of benzene rings is 2. The molecule has 0 radical (unpaired) electrons. The Balaban J connectivity index is 1.70. The van der Waals surface area contributed by atoms with Crippen LogP contribution in [0.2, 0.25) is 0 Å². The summed E-state index contributed by atoms with van der Waals surface area (Å²) in [6, 6.07) is 15.4. The Bertz CT molecular complexity index is 1080. The van der Waals surface area contributed by atoms with Gasteiger partial charge < -0.3 is 15.0 Å². The van der Waals surface area contributed by atoms with Crippen LogP contribution in [0.1, 0.15) is 40.2 Å². The monoisotopic (exact) mass is 473 g/mol. The number of carbonyl (C=O) groups excluding carboxylic acids is 1. The molecule has 0 unspecified atom stereocenters. The van der Waals surface area contributed by atoms with Crippen molar-refractivity contribution in [2.24, 2.45) is 0 Å². The van der Waals surface area contributed by atoms with Crippen LogP contribution in [-0.2, 0) is 20.2 Å². The molecule has 2 aromatic rings. The van der Waals surface area contributed by atoms with Crippen molar-refractivity contribution in [3.63, 3.8) is 0 Å². The predicted octanol–water partition coefficient (Wildman–Crippen LogP) is 3.86. The van der Waals surface area contributed by atoms with E-state index in [0.717, 1.165) is 5.69 Å². The highest BCUT2D eigenvalue weighted by Crippen LogP contribution is 2.29. The zero-order valence-electron chi connectivity index (χ0n) is 20.4. The van der Waals surface area contributed by atoms with E-state index >= 15 is 0 Å². The lowest BCUT2D eigenvalue weighted by molar-refractivity contribution is -0.128. The maximum Gasteiger partial charge on any atom is 0.268 e. The summed E-state index contributed by atoms with van der Waals surface area (Å²) in [5, 5.41) is 3.01. The van der Waals surface area contributed by atoms with Gasteiger partial charge in [0.2, 0.25) is 10.0 Å². The Hall–Kier alpha value is -2.58. The van der Waals surface area contributed by atoms with E-state index in [1.165, 1.54) is 16.1 Å². The van der Waals surface area contributed by atoms with Gasteiger partial charge >= 0.3 is 0 Å². The summed E-state index contributed by atoms with van der Waals surface area (Å²) in [5.74, 6) is 0.373. The number of nitrogens with zero attached hydrogens (tertiary/aromatic N) is 2. The molecule has 2 aromatic carbocycles. The highest BCUT2D eigenvalue weighted by molar-refractivity contribution is 7.88. The maximum absolute atomic E-state index is 13.1. The number of amides is 1. The minimum Gasteiger partial charge on any atom is -0.478 e. The first-order valence-corrected chi connectivity index (χ1v) is 13.0. The summed E-state index contributed by atoms with van der Waals surface area (Å²) in [4.78, 5) is 15.2. The van der Waals surface area contributed by atoms with Crippen LogP contribution in [0.3, 0.4) is 0 Å². The molecule has 7 nitrogen and oxygen atoms in total. The lowest BCUT2D eigenvalue weighted by Crippen LogP contribution is -2.48. The van der Waals surface area contributed by atoms with Crippen LogP contribution in [0.5, 0.6) is 5.75 Å². The lowest BCUT2D eigenvalue weighted by Gasteiger charge is -2.36. The molecule has 0 saturated carbocycles. The van der Waals surface area contributed by atoms with Crippen molar-refractivity contribution < 1.29 is 17.9 Å². The fourth-order valence-electron chi connectivity index (χ4n) is 3.75. The standard InChI is InChI=1S/C25H35N3O4S/c1-24(2,3)19-11-13-20(14-12-19)32-25(4,5)23(29)26-21-9-7-8-10-22(21)27-15-17-28(18-16-27)33(6,30)31/h7-14H,15-18H2,1-6H3,(H,26,29). The van der Waals surface area contributed by atoms with Gasteiger partial charge in [0.25, 0.3) is 5.91 Å². The van der Waals surface area contributed by atoms with Gasteiger partial charge in [-0.05, 0) is 49.1 Å². The highest BCUT2D eigenvalue weighted by Gasteiger charge is 2.31. The number of piperazine rings is 1. The van der Waals surface area contributed by atoms with Crippen molar-refractivity contribution >= 4 is 27.3 Å². The third-order valence-electron chi connectivity index (χ3n) is 5.84. The molecular formula is C25H35N3O4S. The molecule has 1 saturated heterocycles. The van der Waals surface area contributed by atoms with E-state index in [9.17, 15) is 13.2 Å². The molecule has 1 aliphatic rings. The number of nitrogens with one attached hydrogen (secondary N) is 1. The second-order valence-electron chi connectivity index (χ2n) is 10.0. The fraction of sp³-hybridized carbons (Fsp3) is 0.480. The Morgan fingerprint density at radius 2 is 1.48 bits per heavy atom. The van der Waals surface area contributed by atoms with Gasteiger partial charge in [-0.15, -0.1) is 0 Å². The van der Waals surface area contributed by atoms with E-state index in [2.05, 4.69) is 31.0 Å². The zero-order chi connectivity index (χ0) is 24.4. The van der Waals surface area contributed by atoms with Gasteiger partial charge in [-0.3, -0.25) is 4.79 Å². The van der Waals surface area contributed by atoms with Crippen LogP contribution in [0, 0.1) is 0 Å². The normalized spacial score (nSPS) is 15.9. The Kier molecular flexibility index (Phi) is 7.10. The number of anilines is 2. The minimum atomic E-state index is -3.20. The number of hydrogen-bond donors (Lipinski definition) is 1. The van der Waals surface area contributed by atoms with Gasteiger partial charge in [-0.1, -0.05) is 45.0 Å². The second kappa shape index (κ2) is 9.35. The molecular weight excluding hydrogens is 438 g/mol. The number of para-hydroxylation sites is 2. The Morgan fingerprint density at radius 3 is 2.03 bits per heavy atom. The summed E-state index contributed by atoms with van der Waals surface area (Å²) in [6.45, 7) is 11.9. The molecule has 180 valence electrons. The van der Waals surface area contributed by atoms with Gasteiger partial charge in [0.05, 0.1) is 17.6 Å². The van der Waals surface area contributed by atoms with E-state index < -0.39 is 15.6 Å². The van der Waals surface area contributed by atoms with Crippen molar-refractivity contribution in [1.82, 2.24) is 4.31 Å². The first-order chi connectivity index (χ1) is 15.3.